The SMILES string of the molecule is CCCOCCOCCOCCOCCN(CCOCCOCCN(C)C(=O)O[C@@H]([C@@H]1OC(C(=O)O)=C[C@H](NC(=N)N)[C@H]1C)[C@H](O)CO)CCOCCN(C)C(=O)O[C@@H]([C@@H]1OC(C(=O)O)=C[C@H](NC(=N)N)[C@H]1NC(C)=O)[C@H](O)CO. The highest BCUT2D eigenvalue weighted by Gasteiger charge is 2.47. The molecule has 3 amide bonds. The van der Waals surface area contributed by atoms with Gasteiger partial charge in [0.1, 0.15) is 18.3 Å². The number of carbonyl (C=O) groups is 5. The molecular formula is C48H86N10O22. The Morgan fingerprint density at radius 2 is 0.938 bits per heavy atom. The summed E-state index contributed by atoms with van der Waals surface area (Å²) in [6, 6.07) is -3.25. The third-order valence-electron chi connectivity index (χ3n) is 12.0. The number of nitrogens with one attached hydrogen (secondary N) is 5. The van der Waals surface area contributed by atoms with Crippen LogP contribution in [0.5, 0.6) is 0 Å². The maximum absolute atomic E-state index is 13.3. The van der Waals surface area contributed by atoms with E-state index >= 15 is 0 Å². The summed E-state index contributed by atoms with van der Waals surface area (Å²) in [6.45, 7) is 8.77. The van der Waals surface area contributed by atoms with E-state index in [2.05, 4.69) is 16.0 Å². The zero-order valence-corrected chi connectivity index (χ0v) is 46.2. The predicted octanol–water partition coefficient (Wildman–Crippen LogP) is -4.03. The van der Waals surface area contributed by atoms with E-state index in [0.29, 0.717) is 72.5 Å². The number of hydrogen-bond donors (Lipinski definition) is 13. The lowest BCUT2D eigenvalue weighted by molar-refractivity contribution is -0.148. The van der Waals surface area contributed by atoms with Crippen LogP contribution < -0.4 is 27.4 Å². The topological polar surface area (TPSA) is 454 Å². The Labute approximate surface area is 464 Å². The number of amides is 3. The van der Waals surface area contributed by atoms with Gasteiger partial charge in [0.05, 0.1) is 117 Å². The van der Waals surface area contributed by atoms with Gasteiger partial charge >= 0.3 is 24.1 Å². The highest BCUT2D eigenvalue weighted by atomic mass is 16.6. The Hall–Kier alpha value is -5.91. The number of guanidine groups is 2. The smallest absolute Gasteiger partial charge is 0.410 e. The van der Waals surface area contributed by atoms with Gasteiger partial charge in [-0.05, 0) is 18.6 Å². The fraction of sp³-hybridized carbons (Fsp3) is 0.771. The second kappa shape index (κ2) is 39.5. The normalized spacial score (nSPS) is 20.3. The first-order valence-electron chi connectivity index (χ1n) is 26.0. The van der Waals surface area contributed by atoms with Crippen molar-refractivity contribution in [3.8, 4) is 0 Å². The van der Waals surface area contributed by atoms with Crippen LogP contribution in [0.4, 0.5) is 9.59 Å². The van der Waals surface area contributed by atoms with Gasteiger partial charge in [-0.1, -0.05) is 13.8 Å². The third-order valence-corrected chi connectivity index (χ3v) is 12.0. The molecule has 2 aliphatic heterocycles. The number of nitrogens with zero attached hydrogens (tertiary/aromatic N) is 3. The molecule has 0 bridgehead atoms. The molecule has 460 valence electrons. The molecule has 0 spiro atoms. The van der Waals surface area contributed by atoms with Crippen molar-refractivity contribution in [1.82, 2.24) is 30.7 Å². The van der Waals surface area contributed by atoms with Crippen LogP contribution >= 0.6 is 0 Å². The number of ether oxygens (including phenoxy) is 11. The number of carboxylic acids is 2. The summed E-state index contributed by atoms with van der Waals surface area (Å²) in [5.41, 5.74) is 11.0. The highest BCUT2D eigenvalue weighted by molar-refractivity contribution is 5.86. The number of hydrogen-bond acceptors (Lipinski definition) is 23. The van der Waals surface area contributed by atoms with E-state index in [4.69, 9.17) is 74.4 Å². The van der Waals surface area contributed by atoms with Gasteiger partial charge in [-0.3, -0.25) is 20.5 Å². The van der Waals surface area contributed by atoms with Crippen LogP contribution in [-0.4, -0.2) is 295 Å². The third kappa shape index (κ3) is 27.0. The number of carbonyl (C=O) groups excluding carboxylic acids is 3. The Kier molecular flexibility index (Phi) is 34.6. The summed E-state index contributed by atoms with van der Waals surface area (Å²) >= 11 is 0. The predicted molar refractivity (Wildman–Crippen MR) is 280 cm³/mol. The van der Waals surface area contributed by atoms with Gasteiger partial charge in [-0.2, -0.15) is 0 Å². The molecule has 10 atom stereocenters. The summed E-state index contributed by atoms with van der Waals surface area (Å²) in [5.74, 6) is -6.52. The molecule has 0 saturated carbocycles. The van der Waals surface area contributed by atoms with E-state index in [-0.39, 0.29) is 52.7 Å². The highest BCUT2D eigenvalue weighted by Crippen LogP contribution is 2.30. The quantitative estimate of drug-likeness (QED) is 0.0157. The van der Waals surface area contributed by atoms with Crippen LogP contribution in [0.15, 0.2) is 23.7 Å². The molecule has 0 aromatic heterocycles. The lowest BCUT2D eigenvalue weighted by Crippen LogP contribution is -2.65. The average Bonchev–Trinajstić information content (AvgIpc) is 3.53. The Bertz CT molecular complexity index is 1940. The summed E-state index contributed by atoms with van der Waals surface area (Å²) in [6.07, 6.45) is -8.30. The molecular weight excluding hydrogens is 1070 g/mol. The second-order valence-corrected chi connectivity index (χ2v) is 18.3. The van der Waals surface area contributed by atoms with E-state index in [1.807, 2.05) is 11.8 Å². The van der Waals surface area contributed by atoms with E-state index in [9.17, 15) is 54.6 Å². The molecule has 0 radical (unpaired) electrons. The molecule has 0 aromatic carbocycles. The summed E-state index contributed by atoms with van der Waals surface area (Å²) in [4.78, 5) is 66.7. The van der Waals surface area contributed by atoms with Crippen LogP contribution in [0.2, 0.25) is 0 Å². The maximum Gasteiger partial charge on any atom is 0.410 e. The molecule has 32 nitrogen and oxygen atoms in total. The van der Waals surface area contributed by atoms with E-state index in [0.717, 1.165) is 29.2 Å². The lowest BCUT2D eigenvalue weighted by Gasteiger charge is -2.41. The molecule has 32 heteroatoms. The molecule has 0 fully saturated rings. The van der Waals surface area contributed by atoms with Crippen molar-refractivity contribution < 1.29 is 107 Å². The summed E-state index contributed by atoms with van der Waals surface area (Å²) in [7, 11) is 2.79. The number of carboxylic acid groups (broad SMARTS) is 2. The Morgan fingerprint density at radius 1 is 0.588 bits per heavy atom. The maximum atomic E-state index is 13.3. The van der Waals surface area contributed by atoms with E-state index in [1.54, 1.807) is 6.92 Å². The van der Waals surface area contributed by atoms with Gasteiger partial charge in [0.15, 0.2) is 30.2 Å². The number of likely N-dealkylation sites (N-methyl/N-ethyl adjacent to an activating group) is 2. The van der Waals surface area contributed by atoms with Crippen LogP contribution in [-0.2, 0) is 66.5 Å². The van der Waals surface area contributed by atoms with Crippen molar-refractivity contribution in [1.29, 1.82) is 10.8 Å². The lowest BCUT2D eigenvalue weighted by atomic mass is 9.87. The van der Waals surface area contributed by atoms with Crippen molar-refractivity contribution >= 4 is 42.0 Å². The van der Waals surface area contributed by atoms with Gasteiger partial charge in [0.25, 0.3) is 0 Å². The van der Waals surface area contributed by atoms with E-state index < -0.39 is 127 Å². The minimum atomic E-state index is -1.81. The van der Waals surface area contributed by atoms with Crippen molar-refractivity contribution in [3.05, 3.63) is 23.7 Å². The molecule has 0 unspecified atom stereocenters. The van der Waals surface area contributed by atoms with E-state index in [1.165, 1.54) is 20.2 Å². The molecule has 2 heterocycles. The van der Waals surface area contributed by atoms with Gasteiger partial charge in [0.2, 0.25) is 17.4 Å². The number of rotatable bonds is 42. The number of aliphatic hydroxyl groups is 4. The largest absolute Gasteiger partial charge is 0.479 e. The molecule has 2 aliphatic rings. The minimum absolute atomic E-state index is 0.0200. The zero-order valence-electron chi connectivity index (χ0n) is 46.2. The Balaban J connectivity index is 1.93. The second-order valence-electron chi connectivity index (χ2n) is 18.3. The number of aliphatic hydroxyl groups excluding tert-OH is 4. The zero-order chi connectivity index (χ0) is 59.6. The Morgan fingerprint density at radius 3 is 1.32 bits per heavy atom. The standard InChI is InChI=1S/C48H86N10O22/c1-6-12-70-18-22-75-24-25-76-23-21-74-17-11-58(9-15-71-13-7-56(4)48(69)80-41(35(63)29-60)42-38(53-31(3)61)33(55-46(51)52)27-37(78-42)44(66)67)10-16-73-20-19-72-14-8-57(5)47(68)79-40(34(62)28-59)39-30(2)32(54-45(49)50)26-36(77-39)43(64)65/h26-27,30,32-35,38-42,59-60,62-63H,6-25,28-29H2,1-5H3,(H,53,61)(H,64,65)(H,66,67)(H4,49,50,54)(H4,51,52,55)/t30-,32+,33+,34-,35-,38-,39-,40-,41-,42-/m1/s1. The summed E-state index contributed by atoms with van der Waals surface area (Å²) in [5, 5.41) is 83.3. The molecule has 15 N–H and O–H groups in total. The molecule has 2 rings (SSSR count). The molecule has 80 heavy (non-hydrogen) atoms. The number of aliphatic carboxylic acids is 2. The van der Waals surface area contributed by atoms with Crippen molar-refractivity contribution in [2.24, 2.45) is 17.4 Å². The van der Waals surface area contributed by atoms with Crippen LogP contribution in [0, 0.1) is 16.7 Å². The average molecular weight is 1160 g/mol. The number of nitrogens with two attached hydrogens (primary N) is 2. The van der Waals surface area contributed by atoms with Crippen molar-refractivity contribution in [2.45, 2.75) is 81.9 Å². The molecule has 0 saturated heterocycles. The van der Waals surface area contributed by atoms with Crippen LogP contribution in [0.1, 0.15) is 27.2 Å². The summed E-state index contributed by atoms with van der Waals surface area (Å²) < 4.78 is 61.8. The van der Waals surface area contributed by atoms with Crippen LogP contribution in [0.25, 0.3) is 0 Å². The van der Waals surface area contributed by atoms with Gasteiger partial charge < -0.3 is 120 Å². The molecule has 0 aromatic rings. The van der Waals surface area contributed by atoms with Crippen molar-refractivity contribution in [3.63, 3.8) is 0 Å². The van der Waals surface area contributed by atoms with Crippen molar-refractivity contribution in [2.75, 3.05) is 153 Å². The van der Waals surface area contributed by atoms with Gasteiger partial charge in [-0.25, -0.2) is 19.2 Å². The first-order chi connectivity index (χ1) is 38.1. The monoisotopic (exact) mass is 1150 g/mol. The fourth-order valence-electron chi connectivity index (χ4n) is 7.68. The van der Waals surface area contributed by atoms with Gasteiger partial charge in [-0.15, -0.1) is 0 Å². The first-order valence-corrected chi connectivity index (χ1v) is 26.0. The van der Waals surface area contributed by atoms with Gasteiger partial charge in [0, 0.05) is 66.3 Å². The van der Waals surface area contributed by atoms with Crippen LogP contribution in [0.3, 0.4) is 0 Å². The molecule has 0 aliphatic carbocycles. The first kappa shape index (κ1) is 70.2. The fourth-order valence-corrected chi connectivity index (χ4v) is 7.68. The minimum Gasteiger partial charge on any atom is -0.479 e.